The quantitative estimate of drug-likeness (QED) is 0.128. The van der Waals surface area contributed by atoms with Crippen LogP contribution in [-0.2, 0) is 33.6 Å². The number of aliphatic carboxylic acids is 4. The van der Waals surface area contributed by atoms with E-state index in [-0.39, 0.29) is 0 Å². The molecule has 3 amide bonds. The molecule has 0 aromatic rings. The van der Waals surface area contributed by atoms with Crippen LogP contribution >= 0.6 is 0 Å². The van der Waals surface area contributed by atoms with Crippen molar-refractivity contribution < 1.29 is 54.0 Å². The highest BCUT2D eigenvalue weighted by atomic mass is 16.4. The van der Waals surface area contributed by atoms with Crippen LogP contribution in [0, 0.1) is 5.92 Å². The molecule has 0 radical (unpaired) electrons. The molecule has 0 aliphatic carbocycles. The Hall–Kier alpha value is -3.75. The molecule has 0 aliphatic heterocycles. The lowest BCUT2D eigenvalue weighted by Gasteiger charge is -2.26. The van der Waals surface area contributed by atoms with Gasteiger partial charge in [0.15, 0.2) is 0 Å². The molecule has 15 heteroatoms. The van der Waals surface area contributed by atoms with Crippen molar-refractivity contribution in [3.8, 4) is 0 Å². The highest BCUT2D eigenvalue weighted by Crippen LogP contribution is 2.06. The fourth-order valence-electron chi connectivity index (χ4n) is 2.37. The van der Waals surface area contributed by atoms with Crippen molar-refractivity contribution in [3.63, 3.8) is 0 Å². The van der Waals surface area contributed by atoms with Crippen molar-refractivity contribution >= 4 is 41.6 Å². The molecule has 180 valence electrons. The minimum Gasteiger partial charge on any atom is -0.481 e. The number of rotatable bonds is 14. The maximum Gasteiger partial charge on any atom is 0.326 e. The van der Waals surface area contributed by atoms with Gasteiger partial charge in [0.25, 0.3) is 0 Å². The first-order valence-corrected chi connectivity index (χ1v) is 9.20. The van der Waals surface area contributed by atoms with Crippen molar-refractivity contribution in [2.75, 3.05) is 0 Å². The molecular weight excluding hydrogens is 436 g/mol. The Bertz CT molecular complexity index is 768. The summed E-state index contributed by atoms with van der Waals surface area (Å²) in [4.78, 5) is 80.6. The molecule has 4 atom stereocenters. The fourth-order valence-corrected chi connectivity index (χ4v) is 2.37. The lowest BCUT2D eigenvalue weighted by Crippen LogP contribution is -2.59. The number of carbonyl (C=O) groups is 7. The minimum atomic E-state index is -1.79. The van der Waals surface area contributed by atoms with Crippen molar-refractivity contribution in [2.24, 2.45) is 11.7 Å². The van der Waals surface area contributed by atoms with Crippen LogP contribution in [0.5, 0.6) is 0 Å². The first-order chi connectivity index (χ1) is 14.6. The molecule has 0 fully saturated rings. The molecule has 0 aliphatic rings. The molecule has 0 heterocycles. The number of carboxylic acid groups (broad SMARTS) is 4. The third-order valence-electron chi connectivity index (χ3n) is 3.98. The van der Waals surface area contributed by atoms with Gasteiger partial charge in [0.2, 0.25) is 17.7 Å². The monoisotopic (exact) mass is 462 g/mol. The Labute approximate surface area is 181 Å². The van der Waals surface area contributed by atoms with Crippen LogP contribution in [0.15, 0.2) is 0 Å². The predicted octanol–water partition coefficient (Wildman–Crippen LogP) is -3.07. The van der Waals surface area contributed by atoms with Gasteiger partial charge >= 0.3 is 23.9 Å². The highest BCUT2D eigenvalue weighted by Gasteiger charge is 2.33. The summed E-state index contributed by atoms with van der Waals surface area (Å²) >= 11 is 0. The smallest absolute Gasteiger partial charge is 0.326 e. The van der Waals surface area contributed by atoms with E-state index in [9.17, 15) is 33.6 Å². The first-order valence-electron chi connectivity index (χ1n) is 9.20. The number of hydrogen-bond donors (Lipinski definition) is 8. The first kappa shape index (κ1) is 28.2. The summed E-state index contributed by atoms with van der Waals surface area (Å²) in [6.45, 7) is 2.93. The van der Waals surface area contributed by atoms with Gasteiger partial charge in [0.05, 0.1) is 25.3 Å². The summed E-state index contributed by atoms with van der Waals surface area (Å²) in [5, 5.41) is 41.6. The Balaban J connectivity index is 5.47. The van der Waals surface area contributed by atoms with E-state index in [1.807, 2.05) is 10.6 Å². The van der Waals surface area contributed by atoms with Gasteiger partial charge in [-0.15, -0.1) is 0 Å². The van der Waals surface area contributed by atoms with Gasteiger partial charge < -0.3 is 42.1 Å². The summed E-state index contributed by atoms with van der Waals surface area (Å²) in [6, 6.07) is -6.52. The predicted molar refractivity (Wildman–Crippen MR) is 103 cm³/mol. The third-order valence-corrected chi connectivity index (χ3v) is 3.98. The van der Waals surface area contributed by atoms with Crippen LogP contribution in [-0.4, -0.2) is 86.2 Å². The Morgan fingerprint density at radius 2 is 1.09 bits per heavy atom. The minimum absolute atomic E-state index is 0.659. The van der Waals surface area contributed by atoms with Crippen molar-refractivity contribution in [1.29, 1.82) is 0 Å². The average molecular weight is 462 g/mol. The van der Waals surface area contributed by atoms with Crippen LogP contribution in [0.2, 0.25) is 0 Å². The van der Waals surface area contributed by atoms with Gasteiger partial charge in [-0.3, -0.25) is 28.8 Å². The summed E-state index contributed by atoms with van der Waals surface area (Å²) in [6.07, 6.45) is -2.65. The van der Waals surface area contributed by atoms with Gasteiger partial charge in [0.1, 0.15) is 18.1 Å². The zero-order valence-electron chi connectivity index (χ0n) is 17.2. The van der Waals surface area contributed by atoms with Gasteiger partial charge in [-0.05, 0) is 5.92 Å². The molecular formula is C17H26N4O11. The number of nitrogens with two attached hydrogens (primary N) is 1. The summed E-state index contributed by atoms with van der Waals surface area (Å²) < 4.78 is 0. The molecule has 0 rings (SSSR count). The van der Waals surface area contributed by atoms with Crippen LogP contribution in [0.25, 0.3) is 0 Å². The highest BCUT2D eigenvalue weighted by molar-refractivity contribution is 5.96. The molecule has 4 unspecified atom stereocenters. The van der Waals surface area contributed by atoms with Gasteiger partial charge in [0, 0.05) is 0 Å². The Kier molecular flexibility index (Phi) is 11.3. The van der Waals surface area contributed by atoms with Gasteiger partial charge in [-0.1, -0.05) is 13.8 Å². The second-order valence-corrected chi connectivity index (χ2v) is 7.09. The summed E-state index contributed by atoms with van der Waals surface area (Å²) in [5.74, 6) is -10.00. The zero-order valence-corrected chi connectivity index (χ0v) is 17.2. The number of carbonyl (C=O) groups excluding carboxylic acids is 3. The largest absolute Gasteiger partial charge is 0.481 e. The lowest BCUT2D eigenvalue weighted by molar-refractivity contribution is -0.147. The van der Waals surface area contributed by atoms with E-state index in [0.717, 1.165) is 0 Å². The van der Waals surface area contributed by atoms with E-state index in [1.165, 1.54) is 13.8 Å². The molecule has 0 spiro atoms. The van der Waals surface area contributed by atoms with Crippen LogP contribution < -0.4 is 21.7 Å². The molecule has 15 nitrogen and oxygen atoms in total. The maximum atomic E-state index is 12.5. The number of hydrogen-bond acceptors (Lipinski definition) is 8. The molecule has 0 saturated carbocycles. The van der Waals surface area contributed by atoms with E-state index in [0.29, 0.717) is 0 Å². The van der Waals surface area contributed by atoms with Crippen molar-refractivity contribution in [2.45, 2.75) is 57.3 Å². The maximum absolute atomic E-state index is 12.5. The van der Waals surface area contributed by atoms with E-state index in [1.54, 1.807) is 0 Å². The van der Waals surface area contributed by atoms with E-state index < -0.39 is 90.9 Å². The lowest BCUT2D eigenvalue weighted by atomic mass is 10.0. The molecule has 0 saturated heterocycles. The third kappa shape index (κ3) is 10.3. The van der Waals surface area contributed by atoms with Crippen LogP contribution in [0.3, 0.4) is 0 Å². The summed E-state index contributed by atoms with van der Waals surface area (Å²) in [5.41, 5.74) is 5.38. The molecule has 32 heavy (non-hydrogen) atoms. The molecule has 0 aromatic heterocycles. The topological polar surface area (TPSA) is 263 Å². The zero-order chi connectivity index (χ0) is 25.2. The molecule has 0 aromatic carbocycles. The number of nitrogens with one attached hydrogen (secondary N) is 3. The van der Waals surface area contributed by atoms with Crippen molar-refractivity contribution in [3.05, 3.63) is 0 Å². The van der Waals surface area contributed by atoms with Gasteiger partial charge in [-0.25, -0.2) is 4.79 Å². The van der Waals surface area contributed by atoms with Crippen molar-refractivity contribution in [1.82, 2.24) is 16.0 Å². The van der Waals surface area contributed by atoms with Crippen LogP contribution in [0.4, 0.5) is 0 Å². The molecule has 0 bridgehead atoms. The Morgan fingerprint density at radius 3 is 1.50 bits per heavy atom. The Morgan fingerprint density at radius 1 is 0.656 bits per heavy atom. The molecule has 9 N–H and O–H groups in total. The normalized spacial score (nSPS) is 14.4. The van der Waals surface area contributed by atoms with Gasteiger partial charge in [-0.2, -0.15) is 0 Å². The van der Waals surface area contributed by atoms with E-state index >= 15 is 0 Å². The fraction of sp³-hybridized carbons (Fsp3) is 0.588. The summed E-state index contributed by atoms with van der Waals surface area (Å²) in [7, 11) is 0. The second kappa shape index (κ2) is 12.8. The second-order valence-electron chi connectivity index (χ2n) is 7.09. The van der Waals surface area contributed by atoms with Crippen LogP contribution in [0.1, 0.15) is 33.1 Å². The standard InChI is InChI=1S/C17H26N4O11/c1-6(2)13(16(30)20-9(17(31)32)5-12(26)27)21-15(29)8(4-11(24)25)19-14(28)7(18)3-10(22)23/h6-9,13H,3-5,18H2,1-2H3,(H,19,28)(H,20,30)(H,21,29)(H,22,23)(H,24,25)(H,26,27)(H,31,32). The SMILES string of the molecule is CC(C)C(NC(=O)C(CC(=O)O)NC(=O)C(N)CC(=O)O)C(=O)NC(CC(=O)O)C(=O)O. The average Bonchev–Trinajstić information content (AvgIpc) is 2.62. The van der Waals surface area contributed by atoms with E-state index in [2.05, 4.69) is 5.32 Å². The number of amides is 3. The van der Waals surface area contributed by atoms with E-state index in [4.69, 9.17) is 26.2 Å². The number of carboxylic acids is 4.